The van der Waals surface area contributed by atoms with Crippen LogP contribution in [0.4, 0.5) is 8.78 Å². The van der Waals surface area contributed by atoms with Crippen LogP contribution in [0.15, 0.2) is 22.7 Å². The topological polar surface area (TPSA) is 35.5 Å². The molecule has 0 amide bonds. The van der Waals surface area contributed by atoms with Crippen LogP contribution in [0.2, 0.25) is 0 Å². The number of piperazine rings is 1. The molecule has 7 heteroatoms. The molecular weight excluding hydrogens is 354 g/mol. The molecule has 1 aromatic carbocycles. The first-order chi connectivity index (χ1) is 9.08. The van der Waals surface area contributed by atoms with Crippen LogP contribution in [0.5, 0.6) is 5.75 Å². The molecule has 1 heterocycles. The Bertz CT molecular complexity index is 431. The fourth-order valence-electron chi connectivity index (χ4n) is 2.43. The zero-order chi connectivity index (χ0) is 13.8. The van der Waals surface area contributed by atoms with Crippen molar-refractivity contribution < 1.29 is 13.9 Å². The summed E-state index contributed by atoms with van der Waals surface area (Å²) in [5.41, 5.74) is 0.574. The molecule has 0 aliphatic carbocycles. The fourth-order valence-corrected chi connectivity index (χ4v) is 2.78. The number of benzene rings is 1. The molecule has 1 atom stereocenters. The molecule has 1 saturated heterocycles. The number of hydrogen-bond donors (Lipinski definition) is 2. The molecule has 114 valence electrons. The highest BCUT2D eigenvalue weighted by Gasteiger charge is 2.27. The largest absolute Gasteiger partial charge is 0.508 e. The molecular formula is C13H18BrClF2N2O. The molecule has 0 bridgehead atoms. The maximum absolute atomic E-state index is 12.8. The first-order valence-corrected chi connectivity index (χ1v) is 7.08. The summed E-state index contributed by atoms with van der Waals surface area (Å²) in [5, 5.41) is 13.2. The monoisotopic (exact) mass is 370 g/mol. The molecule has 0 spiro atoms. The van der Waals surface area contributed by atoms with Gasteiger partial charge in [0.25, 0.3) is 0 Å². The van der Waals surface area contributed by atoms with Crippen LogP contribution in [-0.2, 0) is 0 Å². The number of nitrogens with zero attached hydrogens (tertiary/aromatic N) is 1. The fraction of sp³-hybridized carbons (Fsp3) is 0.538. The van der Waals surface area contributed by atoms with Gasteiger partial charge in [0.15, 0.2) is 0 Å². The number of hydrogen-bond acceptors (Lipinski definition) is 3. The molecule has 2 rings (SSSR count). The van der Waals surface area contributed by atoms with E-state index in [1.54, 1.807) is 18.2 Å². The molecule has 2 N–H and O–H groups in total. The summed E-state index contributed by atoms with van der Waals surface area (Å²) in [6.45, 7) is 3.01. The van der Waals surface area contributed by atoms with Crippen molar-refractivity contribution in [1.29, 1.82) is 0 Å². The van der Waals surface area contributed by atoms with Gasteiger partial charge in [0.2, 0.25) is 6.43 Å². The number of halogens is 4. The number of alkyl halides is 2. The van der Waals surface area contributed by atoms with Gasteiger partial charge in [-0.3, -0.25) is 4.90 Å². The van der Waals surface area contributed by atoms with Gasteiger partial charge >= 0.3 is 0 Å². The van der Waals surface area contributed by atoms with Crippen molar-refractivity contribution >= 4 is 28.3 Å². The van der Waals surface area contributed by atoms with Gasteiger partial charge < -0.3 is 10.4 Å². The zero-order valence-electron chi connectivity index (χ0n) is 10.9. The Hall–Kier alpha value is -0.430. The molecule has 0 aromatic heterocycles. The normalized spacial score (nSPS) is 17.8. The van der Waals surface area contributed by atoms with Gasteiger partial charge in [-0.05, 0) is 12.1 Å². The Morgan fingerprint density at radius 2 is 1.95 bits per heavy atom. The minimum Gasteiger partial charge on any atom is -0.508 e. The summed E-state index contributed by atoms with van der Waals surface area (Å²) in [5.74, 6) is 0.0681. The summed E-state index contributed by atoms with van der Waals surface area (Å²) in [7, 11) is 0. The molecule has 1 fully saturated rings. The molecule has 0 unspecified atom stereocenters. The number of phenolic OH excluding ortho intramolecular Hbond substituents is 1. The second-order valence-electron chi connectivity index (χ2n) is 4.63. The number of nitrogens with one attached hydrogen (secondary N) is 1. The highest BCUT2D eigenvalue weighted by Crippen LogP contribution is 2.34. The molecule has 3 nitrogen and oxygen atoms in total. The van der Waals surface area contributed by atoms with Crippen LogP contribution >= 0.6 is 28.3 Å². The van der Waals surface area contributed by atoms with E-state index >= 15 is 0 Å². The van der Waals surface area contributed by atoms with E-state index in [4.69, 9.17) is 0 Å². The van der Waals surface area contributed by atoms with E-state index in [1.165, 1.54) is 0 Å². The van der Waals surface area contributed by atoms with Gasteiger partial charge in [-0.1, -0.05) is 22.0 Å². The number of aromatic hydroxyl groups is 1. The standard InChI is InChI=1S/C13H17BrF2N2O.ClH/c14-9-1-2-10(12(19)7-9)11(8-13(15)16)18-5-3-17-4-6-18;/h1-2,7,11,13,17,19H,3-6,8H2;1H/t11-;/m0./s1. The van der Waals surface area contributed by atoms with Crippen molar-refractivity contribution in [3.05, 3.63) is 28.2 Å². The predicted molar refractivity (Wildman–Crippen MR) is 80.9 cm³/mol. The SMILES string of the molecule is Cl.Oc1cc(Br)ccc1[C@H](CC(F)F)N1CCNCC1. The van der Waals surface area contributed by atoms with Crippen molar-refractivity contribution in [3.8, 4) is 5.75 Å². The highest BCUT2D eigenvalue weighted by molar-refractivity contribution is 9.10. The summed E-state index contributed by atoms with van der Waals surface area (Å²) in [6.07, 6.45) is -2.64. The van der Waals surface area contributed by atoms with E-state index in [-0.39, 0.29) is 24.6 Å². The summed E-state index contributed by atoms with van der Waals surface area (Å²) < 4.78 is 26.3. The first kappa shape index (κ1) is 17.6. The third kappa shape index (κ3) is 4.55. The maximum Gasteiger partial charge on any atom is 0.240 e. The van der Waals surface area contributed by atoms with Crippen LogP contribution in [-0.4, -0.2) is 42.6 Å². The van der Waals surface area contributed by atoms with Gasteiger partial charge in [-0.15, -0.1) is 12.4 Å². The number of phenols is 1. The summed E-state index contributed by atoms with van der Waals surface area (Å²) in [6, 6.07) is 4.61. The van der Waals surface area contributed by atoms with Gasteiger partial charge in [0, 0.05) is 48.7 Å². The van der Waals surface area contributed by atoms with Crippen molar-refractivity contribution in [2.75, 3.05) is 26.2 Å². The average molecular weight is 372 g/mol. The lowest BCUT2D eigenvalue weighted by Gasteiger charge is -2.35. The van der Waals surface area contributed by atoms with E-state index in [1.807, 2.05) is 4.90 Å². The third-order valence-electron chi connectivity index (χ3n) is 3.35. The predicted octanol–water partition coefficient (Wildman–Crippen LogP) is 3.18. The summed E-state index contributed by atoms with van der Waals surface area (Å²) >= 11 is 3.26. The lowest BCUT2D eigenvalue weighted by molar-refractivity contribution is 0.0730. The average Bonchev–Trinajstić information content (AvgIpc) is 2.37. The zero-order valence-corrected chi connectivity index (χ0v) is 13.3. The van der Waals surface area contributed by atoms with E-state index in [2.05, 4.69) is 21.2 Å². The van der Waals surface area contributed by atoms with Crippen molar-refractivity contribution in [3.63, 3.8) is 0 Å². The van der Waals surface area contributed by atoms with Crippen LogP contribution in [0.1, 0.15) is 18.0 Å². The Balaban J connectivity index is 0.00000200. The first-order valence-electron chi connectivity index (χ1n) is 6.29. The van der Waals surface area contributed by atoms with E-state index in [9.17, 15) is 13.9 Å². The molecule has 1 aliphatic heterocycles. The Morgan fingerprint density at radius 3 is 2.50 bits per heavy atom. The lowest BCUT2D eigenvalue weighted by atomic mass is 10.0. The quantitative estimate of drug-likeness (QED) is 0.853. The second-order valence-corrected chi connectivity index (χ2v) is 5.55. The van der Waals surface area contributed by atoms with Gasteiger partial charge in [-0.2, -0.15) is 0 Å². The Labute approximate surface area is 131 Å². The van der Waals surface area contributed by atoms with E-state index < -0.39 is 12.5 Å². The molecule has 1 aromatic rings. The second kappa shape index (κ2) is 8.12. The minimum absolute atomic E-state index is 0. The van der Waals surface area contributed by atoms with Gasteiger partial charge in [0.1, 0.15) is 5.75 Å². The van der Waals surface area contributed by atoms with E-state index in [0.717, 1.165) is 17.6 Å². The smallest absolute Gasteiger partial charge is 0.240 e. The molecule has 1 aliphatic rings. The Morgan fingerprint density at radius 1 is 1.30 bits per heavy atom. The molecule has 0 saturated carbocycles. The maximum atomic E-state index is 12.8. The molecule has 20 heavy (non-hydrogen) atoms. The highest BCUT2D eigenvalue weighted by atomic mass is 79.9. The summed E-state index contributed by atoms with van der Waals surface area (Å²) in [4.78, 5) is 2.01. The third-order valence-corrected chi connectivity index (χ3v) is 3.84. The van der Waals surface area contributed by atoms with Crippen molar-refractivity contribution in [2.24, 2.45) is 0 Å². The van der Waals surface area contributed by atoms with Crippen molar-refractivity contribution in [2.45, 2.75) is 18.9 Å². The van der Waals surface area contributed by atoms with E-state index in [0.29, 0.717) is 18.7 Å². The van der Waals surface area contributed by atoms with Crippen LogP contribution in [0.3, 0.4) is 0 Å². The molecule has 0 radical (unpaired) electrons. The Kier molecular flexibility index (Phi) is 7.15. The van der Waals surface area contributed by atoms with Gasteiger partial charge in [0.05, 0.1) is 0 Å². The number of rotatable bonds is 4. The van der Waals surface area contributed by atoms with Crippen LogP contribution < -0.4 is 5.32 Å². The van der Waals surface area contributed by atoms with Crippen LogP contribution in [0.25, 0.3) is 0 Å². The van der Waals surface area contributed by atoms with Gasteiger partial charge in [-0.25, -0.2) is 8.78 Å². The van der Waals surface area contributed by atoms with Crippen LogP contribution in [0, 0.1) is 0 Å². The minimum atomic E-state index is -2.39. The van der Waals surface area contributed by atoms with Crippen molar-refractivity contribution in [1.82, 2.24) is 10.2 Å². The lowest BCUT2D eigenvalue weighted by Crippen LogP contribution is -2.45.